The van der Waals surface area contributed by atoms with E-state index in [9.17, 15) is 0 Å². The van der Waals surface area contributed by atoms with E-state index in [0.717, 1.165) is 29.9 Å². The Morgan fingerprint density at radius 2 is 2.05 bits per heavy atom. The number of hydrogen-bond acceptors (Lipinski definition) is 4. The topological polar surface area (TPSA) is 41.1 Å². The van der Waals surface area contributed by atoms with Crippen LogP contribution in [0.3, 0.4) is 0 Å². The summed E-state index contributed by atoms with van der Waals surface area (Å²) in [7, 11) is 0. The smallest absolute Gasteiger partial charge is 0.161 e. The summed E-state index contributed by atoms with van der Waals surface area (Å²) >= 11 is 0. The molecule has 2 saturated heterocycles. The molecule has 0 aliphatic carbocycles. The molecule has 4 heteroatoms. The van der Waals surface area contributed by atoms with Crippen molar-refractivity contribution in [3.8, 4) is 0 Å². The van der Waals surface area contributed by atoms with E-state index in [0.29, 0.717) is 12.1 Å². The minimum atomic E-state index is 0.633. The van der Waals surface area contributed by atoms with Crippen molar-refractivity contribution in [3.05, 3.63) is 30.5 Å². The maximum atomic E-state index is 4.71. The molecule has 1 N–H and O–H groups in total. The van der Waals surface area contributed by atoms with Crippen LogP contribution in [0, 0.1) is 0 Å². The normalized spacial score (nSPS) is 26.6. The zero-order chi connectivity index (χ0) is 12.7. The number of fused-ring (bicyclic) bond motifs is 3. The van der Waals surface area contributed by atoms with Crippen LogP contribution < -0.4 is 10.2 Å². The standard InChI is InChI=1S/C15H18N4/c1-2-11-3-6-14(18-15(11)16-8-1)19-9-7-12-4-5-13(10-19)17-12/h1-3,6,8,12-13,17H,4-5,7,9-10H2. The molecule has 2 aliphatic heterocycles. The molecule has 0 spiro atoms. The van der Waals surface area contributed by atoms with Gasteiger partial charge in [0.25, 0.3) is 0 Å². The van der Waals surface area contributed by atoms with E-state index < -0.39 is 0 Å². The van der Waals surface area contributed by atoms with Gasteiger partial charge in [-0.05, 0) is 43.5 Å². The second kappa shape index (κ2) is 4.46. The molecule has 0 aromatic carbocycles. The maximum Gasteiger partial charge on any atom is 0.161 e. The molecule has 2 unspecified atom stereocenters. The lowest BCUT2D eigenvalue weighted by Gasteiger charge is -2.25. The van der Waals surface area contributed by atoms with E-state index in [1.54, 1.807) is 0 Å². The van der Waals surface area contributed by atoms with Gasteiger partial charge in [0.05, 0.1) is 0 Å². The maximum absolute atomic E-state index is 4.71. The number of aromatic nitrogens is 2. The number of nitrogens with zero attached hydrogens (tertiary/aromatic N) is 3. The Morgan fingerprint density at radius 1 is 1.11 bits per heavy atom. The first kappa shape index (κ1) is 11.2. The van der Waals surface area contributed by atoms with E-state index in [-0.39, 0.29) is 0 Å². The molecule has 4 nitrogen and oxygen atoms in total. The summed E-state index contributed by atoms with van der Waals surface area (Å²) < 4.78 is 0. The molecular weight excluding hydrogens is 236 g/mol. The summed E-state index contributed by atoms with van der Waals surface area (Å²) in [5.41, 5.74) is 0.849. The number of anilines is 1. The molecule has 2 aliphatic rings. The largest absolute Gasteiger partial charge is 0.355 e. The van der Waals surface area contributed by atoms with Crippen molar-refractivity contribution in [2.75, 3.05) is 18.0 Å². The fraction of sp³-hybridized carbons (Fsp3) is 0.467. The van der Waals surface area contributed by atoms with Gasteiger partial charge in [0.2, 0.25) is 0 Å². The van der Waals surface area contributed by atoms with Crippen molar-refractivity contribution >= 4 is 16.9 Å². The molecule has 2 aromatic heterocycles. The molecule has 2 aromatic rings. The fourth-order valence-electron chi connectivity index (χ4n) is 3.27. The van der Waals surface area contributed by atoms with Gasteiger partial charge in [-0.1, -0.05) is 0 Å². The molecule has 0 amide bonds. The summed E-state index contributed by atoms with van der Waals surface area (Å²) in [4.78, 5) is 11.5. The van der Waals surface area contributed by atoms with Crippen LogP contribution in [0.15, 0.2) is 30.5 Å². The third-order valence-electron chi connectivity index (χ3n) is 4.30. The van der Waals surface area contributed by atoms with Crippen molar-refractivity contribution in [3.63, 3.8) is 0 Å². The van der Waals surface area contributed by atoms with Crippen LogP contribution in [-0.4, -0.2) is 35.1 Å². The summed E-state index contributed by atoms with van der Waals surface area (Å²) in [6.07, 6.45) is 5.67. The predicted molar refractivity (Wildman–Crippen MR) is 76.3 cm³/mol. The number of rotatable bonds is 1. The monoisotopic (exact) mass is 254 g/mol. The van der Waals surface area contributed by atoms with E-state index in [1.807, 2.05) is 12.3 Å². The highest BCUT2D eigenvalue weighted by Gasteiger charge is 2.29. The molecule has 2 bridgehead atoms. The molecule has 98 valence electrons. The van der Waals surface area contributed by atoms with Crippen molar-refractivity contribution in [2.24, 2.45) is 0 Å². The van der Waals surface area contributed by atoms with E-state index in [2.05, 4.69) is 33.4 Å². The zero-order valence-electron chi connectivity index (χ0n) is 10.9. The lowest BCUT2D eigenvalue weighted by molar-refractivity contribution is 0.563. The van der Waals surface area contributed by atoms with Gasteiger partial charge in [-0.3, -0.25) is 0 Å². The van der Waals surface area contributed by atoms with Crippen molar-refractivity contribution < 1.29 is 0 Å². The second-order valence-electron chi connectivity index (χ2n) is 5.59. The van der Waals surface area contributed by atoms with E-state index in [1.165, 1.54) is 19.3 Å². The molecule has 0 saturated carbocycles. The van der Waals surface area contributed by atoms with Crippen molar-refractivity contribution in [2.45, 2.75) is 31.3 Å². The van der Waals surface area contributed by atoms with Gasteiger partial charge in [-0.15, -0.1) is 0 Å². The molecule has 0 radical (unpaired) electrons. The minimum Gasteiger partial charge on any atom is -0.355 e. The van der Waals surface area contributed by atoms with Crippen LogP contribution >= 0.6 is 0 Å². The third-order valence-corrected chi connectivity index (χ3v) is 4.30. The van der Waals surface area contributed by atoms with Crippen LogP contribution in [0.25, 0.3) is 11.0 Å². The minimum absolute atomic E-state index is 0.633. The Balaban J connectivity index is 1.66. The third kappa shape index (κ3) is 2.06. The summed E-state index contributed by atoms with van der Waals surface area (Å²) in [5, 5.41) is 4.82. The average Bonchev–Trinajstić information content (AvgIpc) is 2.78. The number of pyridine rings is 2. The van der Waals surface area contributed by atoms with Crippen LogP contribution in [0.1, 0.15) is 19.3 Å². The van der Waals surface area contributed by atoms with Crippen LogP contribution in [0.2, 0.25) is 0 Å². The predicted octanol–water partition coefficient (Wildman–Crippen LogP) is 1.96. The fourth-order valence-corrected chi connectivity index (χ4v) is 3.27. The second-order valence-corrected chi connectivity index (χ2v) is 5.59. The summed E-state index contributed by atoms with van der Waals surface area (Å²) in [6, 6.07) is 9.62. The van der Waals surface area contributed by atoms with Crippen LogP contribution in [0.5, 0.6) is 0 Å². The van der Waals surface area contributed by atoms with Gasteiger partial charge < -0.3 is 10.2 Å². The highest BCUT2D eigenvalue weighted by molar-refractivity contribution is 5.76. The highest BCUT2D eigenvalue weighted by Crippen LogP contribution is 2.24. The zero-order valence-corrected chi connectivity index (χ0v) is 10.9. The Hall–Kier alpha value is -1.68. The quantitative estimate of drug-likeness (QED) is 0.844. The highest BCUT2D eigenvalue weighted by atomic mass is 15.2. The van der Waals surface area contributed by atoms with Crippen molar-refractivity contribution in [1.82, 2.24) is 15.3 Å². The lowest BCUT2D eigenvalue weighted by atomic mass is 10.1. The Kier molecular flexibility index (Phi) is 2.62. The molecule has 19 heavy (non-hydrogen) atoms. The van der Waals surface area contributed by atoms with Gasteiger partial charge in [0, 0.05) is 36.8 Å². The molecule has 4 rings (SSSR count). The molecule has 2 atom stereocenters. The molecule has 4 heterocycles. The van der Waals surface area contributed by atoms with Crippen molar-refractivity contribution in [1.29, 1.82) is 0 Å². The Morgan fingerprint density at radius 3 is 3.05 bits per heavy atom. The SMILES string of the molecule is c1cnc2nc(N3CCC4CCC(C3)N4)ccc2c1. The average molecular weight is 254 g/mol. The van der Waals surface area contributed by atoms with Gasteiger partial charge in [-0.2, -0.15) is 0 Å². The first-order chi connectivity index (χ1) is 9.38. The van der Waals surface area contributed by atoms with E-state index in [4.69, 9.17) is 4.98 Å². The van der Waals surface area contributed by atoms with Gasteiger partial charge in [0.1, 0.15) is 5.82 Å². The summed E-state index contributed by atoms with van der Waals surface area (Å²) in [5.74, 6) is 1.07. The molecular formula is C15H18N4. The first-order valence-corrected chi connectivity index (χ1v) is 7.11. The lowest BCUT2D eigenvalue weighted by Crippen LogP contribution is -2.35. The van der Waals surface area contributed by atoms with Gasteiger partial charge in [-0.25, -0.2) is 9.97 Å². The summed E-state index contributed by atoms with van der Waals surface area (Å²) in [6.45, 7) is 2.17. The number of hydrogen-bond donors (Lipinski definition) is 1. The van der Waals surface area contributed by atoms with Crippen LogP contribution in [-0.2, 0) is 0 Å². The first-order valence-electron chi connectivity index (χ1n) is 7.11. The van der Waals surface area contributed by atoms with Gasteiger partial charge in [0.15, 0.2) is 5.65 Å². The number of nitrogens with one attached hydrogen (secondary N) is 1. The Labute approximate surface area is 112 Å². The van der Waals surface area contributed by atoms with Crippen LogP contribution in [0.4, 0.5) is 5.82 Å². The van der Waals surface area contributed by atoms with Gasteiger partial charge >= 0.3 is 0 Å². The Bertz CT molecular complexity index is 597. The molecule has 2 fully saturated rings. The van der Waals surface area contributed by atoms with E-state index >= 15 is 0 Å².